The molecule has 4 aromatic rings. The van der Waals surface area contributed by atoms with Gasteiger partial charge in [-0.1, -0.05) is 25.1 Å². The van der Waals surface area contributed by atoms with Crippen LogP contribution < -0.4 is 5.56 Å². The number of hydrogen-bond acceptors (Lipinski definition) is 9. The smallest absolute Gasteiger partial charge is 0.341 e. The summed E-state index contributed by atoms with van der Waals surface area (Å²) in [6, 6.07) is 7.04. The number of thiophene rings is 2. The largest absolute Gasteiger partial charge is 0.494 e. The highest BCUT2D eigenvalue weighted by Gasteiger charge is 2.31. The summed E-state index contributed by atoms with van der Waals surface area (Å²) in [6.07, 6.45) is 7.64. The zero-order chi connectivity index (χ0) is 30.2. The molecule has 8 nitrogen and oxygen atoms in total. The minimum atomic E-state index is -0.496. The number of fused-ring (bicyclic) bond motifs is 3. The van der Waals surface area contributed by atoms with Crippen molar-refractivity contribution in [3.63, 3.8) is 0 Å². The van der Waals surface area contributed by atoms with Gasteiger partial charge in [0.1, 0.15) is 10.0 Å². The lowest BCUT2D eigenvalue weighted by Crippen LogP contribution is -2.22. The van der Waals surface area contributed by atoms with Gasteiger partial charge in [0.15, 0.2) is 0 Å². The number of aryl methyl sites for hydroxylation is 1. The maximum atomic E-state index is 14.0. The Bertz CT molecular complexity index is 1830. The van der Waals surface area contributed by atoms with Crippen molar-refractivity contribution in [3.05, 3.63) is 72.2 Å². The zero-order valence-electron chi connectivity index (χ0n) is 24.5. The molecule has 2 aliphatic rings. The summed E-state index contributed by atoms with van der Waals surface area (Å²) in [5, 5.41) is 13.6. The third-order valence-corrected chi connectivity index (χ3v) is 10.7. The first-order chi connectivity index (χ1) is 20.8. The van der Waals surface area contributed by atoms with E-state index < -0.39 is 17.5 Å². The fraction of sp³-hybridized carbons (Fsp3) is 0.394. The summed E-state index contributed by atoms with van der Waals surface area (Å²) in [5.41, 5.74) is 2.63. The lowest BCUT2D eigenvalue weighted by molar-refractivity contribution is 0.0516. The Balaban J connectivity index is 1.56. The van der Waals surface area contributed by atoms with Crippen molar-refractivity contribution in [3.8, 4) is 10.9 Å². The van der Waals surface area contributed by atoms with Gasteiger partial charge in [0.25, 0.3) is 5.56 Å². The van der Waals surface area contributed by atoms with Crippen molar-refractivity contribution in [2.45, 2.75) is 65.7 Å². The average Bonchev–Trinajstić information content (AvgIpc) is 3.55. The summed E-state index contributed by atoms with van der Waals surface area (Å²) in [7, 11) is 0. The number of hydrogen-bond donors (Lipinski definition) is 1. The molecule has 3 aromatic heterocycles. The van der Waals surface area contributed by atoms with Crippen molar-refractivity contribution < 1.29 is 24.2 Å². The molecule has 0 fully saturated rings. The Morgan fingerprint density at radius 1 is 0.977 bits per heavy atom. The first-order valence-electron chi connectivity index (χ1n) is 14.9. The number of carbonyl (C=O) groups is 2. The van der Waals surface area contributed by atoms with Crippen LogP contribution in [-0.4, -0.2) is 41.0 Å². The zero-order valence-corrected chi connectivity index (χ0v) is 26.2. The molecule has 1 N–H and O–H groups in total. The third kappa shape index (κ3) is 5.20. The van der Waals surface area contributed by atoms with Crippen LogP contribution in [0.25, 0.3) is 15.8 Å². The quantitative estimate of drug-likeness (QED) is 0.178. The second-order valence-electron chi connectivity index (χ2n) is 11.0. The number of nitrogens with zero attached hydrogens (tertiary/aromatic N) is 2. The van der Waals surface area contributed by atoms with E-state index in [9.17, 15) is 19.5 Å². The molecule has 10 heteroatoms. The molecule has 1 unspecified atom stereocenters. The van der Waals surface area contributed by atoms with Gasteiger partial charge in [-0.25, -0.2) is 19.1 Å². The lowest BCUT2D eigenvalue weighted by Gasteiger charge is -2.18. The van der Waals surface area contributed by atoms with E-state index in [1.807, 2.05) is 0 Å². The summed E-state index contributed by atoms with van der Waals surface area (Å²) < 4.78 is 12.1. The van der Waals surface area contributed by atoms with E-state index in [0.717, 1.165) is 65.8 Å². The van der Waals surface area contributed by atoms with Crippen LogP contribution in [0.2, 0.25) is 0 Å². The molecule has 0 saturated heterocycles. The number of esters is 2. The van der Waals surface area contributed by atoms with Crippen LogP contribution in [0.4, 0.5) is 5.00 Å². The van der Waals surface area contributed by atoms with Crippen LogP contribution in [0.1, 0.15) is 87.2 Å². The number of aromatic nitrogens is 1. The first kappa shape index (κ1) is 29.3. The molecular weight excluding hydrogens is 585 g/mol. The maximum Gasteiger partial charge on any atom is 0.341 e. The van der Waals surface area contributed by atoms with Crippen LogP contribution in [-0.2, 0) is 35.2 Å². The number of benzene rings is 1. The summed E-state index contributed by atoms with van der Waals surface area (Å²) in [5.74, 6) is -0.697. The van der Waals surface area contributed by atoms with E-state index in [0.29, 0.717) is 43.4 Å². The number of rotatable bonds is 7. The molecule has 6 rings (SSSR count). The van der Waals surface area contributed by atoms with Crippen molar-refractivity contribution in [2.24, 2.45) is 10.9 Å². The maximum absolute atomic E-state index is 14.0. The van der Waals surface area contributed by atoms with Gasteiger partial charge in [-0.05, 0) is 81.9 Å². The Labute approximate surface area is 257 Å². The van der Waals surface area contributed by atoms with E-state index >= 15 is 0 Å². The fourth-order valence-electron chi connectivity index (χ4n) is 6.16. The predicted octanol–water partition coefficient (Wildman–Crippen LogP) is 6.93. The van der Waals surface area contributed by atoms with Gasteiger partial charge in [-0.15, -0.1) is 22.7 Å². The predicted molar refractivity (Wildman–Crippen MR) is 170 cm³/mol. The van der Waals surface area contributed by atoms with Gasteiger partial charge >= 0.3 is 11.9 Å². The molecule has 1 aromatic carbocycles. The molecule has 0 radical (unpaired) electrons. The molecule has 43 heavy (non-hydrogen) atoms. The second kappa shape index (κ2) is 12.1. The lowest BCUT2D eigenvalue weighted by atomic mass is 9.88. The van der Waals surface area contributed by atoms with Gasteiger partial charge in [0.05, 0.1) is 29.9 Å². The standard InChI is InChI=1S/C33H34N2O6S2/c1-4-40-32(38)26-22-15-14-18(3)16-25(22)42-28(26)34-17-23-19-10-6-7-11-20(19)29(36)35(30(23)37)31-27(33(39)41-5-2)21-12-8-9-13-24(21)43-31/h6-7,10-11,17-18,37H,4-5,8-9,12-16H2,1-3H3/b34-17+. The van der Waals surface area contributed by atoms with Gasteiger partial charge in [-0.3, -0.25) is 4.79 Å². The first-order valence-corrected chi connectivity index (χ1v) is 16.5. The number of pyridine rings is 1. The Kier molecular flexibility index (Phi) is 8.24. The van der Waals surface area contributed by atoms with Crippen molar-refractivity contribution in [2.75, 3.05) is 13.2 Å². The Hall–Kier alpha value is -3.76. The Morgan fingerprint density at radius 2 is 1.65 bits per heavy atom. The van der Waals surface area contributed by atoms with Crippen molar-refractivity contribution >= 4 is 56.6 Å². The van der Waals surface area contributed by atoms with Crippen LogP contribution in [0.15, 0.2) is 34.1 Å². The molecule has 0 spiro atoms. The minimum absolute atomic E-state index is 0.200. The molecule has 0 saturated carbocycles. The SMILES string of the molecule is CCOC(=O)c1c(/N=C/c2c(O)n(-c3sc4c(c3C(=O)OCC)CCCC4)c(=O)c3ccccc23)sc2c1CCC(C)C2. The van der Waals surface area contributed by atoms with Crippen LogP contribution in [0.3, 0.4) is 0 Å². The summed E-state index contributed by atoms with van der Waals surface area (Å²) in [4.78, 5) is 47.2. The van der Waals surface area contributed by atoms with Crippen molar-refractivity contribution in [1.82, 2.24) is 4.57 Å². The fourth-order valence-corrected chi connectivity index (χ4v) is 8.88. The van der Waals surface area contributed by atoms with Crippen LogP contribution >= 0.6 is 22.7 Å². The average molecular weight is 619 g/mol. The van der Waals surface area contributed by atoms with E-state index in [1.54, 1.807) is 38.1 Å². The normalized spacial score (nSPS) is 16.3. The topological polar surface area (TPSA) is 107 Å². The molecule has 0 amide bonds. The van der Waals surface area contributed by atoms with Crippen molar-refractivity contribution in [1.29, 1.82) is 0 Å². The van der Waals surface area contributed by atoms with Crippen LogP contribution in [0.5, 0.6) is 5.88 Å². The highest BCUT2D eigenvalue weighted by Crippen LogP contribution is 2.43. The molecule has 2 aliphatic carbocycles. The Morgan fingerprint density at radius 3 is 2.40 bits per heavy atom. The van der Waals surface area contributed by atoms with E-state index in [1.165, 1.54) is 33.5 Å². The third-order valence-electron chi connectivity index (χ3n) is 8.22. The molecule has 224 valence electrons. The van der Waals surface area contributed by atoms with E-state index in [4.69, 9.17) is 14.5 Å². The van der Waals surface area contributed by atoms with Gasteiger partial charge < -0.3 is 14.6 Å². The molecule has 3 heterocycles. The molecule has 1 atom stereocenters. The van der Waals surface area contributed by atoms with Gasteiger partial charge in [0.2, 0.25) is 5.88 Å². The molecule has 0 aliphatic heterocycles. The number of ether oxygens (including phenoxy) is 2. The second-order valence-corrected chi connectivity index (χ2v) is 13.2. The van der Waals surface area contributed by atoms with Crippen LogP contribution in [0, 0.1) is 5.92 Å². The van der Waals surface area contributed by atoms with E-state index in [2.05, 4.69) is 6.92 Å². The van der Waals surface area contributed by atoms with Gasteiger partial charge in [-0.2, -0.15) is 0 Å². The molecular formula is C33H34N2O6S2. The monoisotopic (exact) mass is 618 g/mol. The number of aromatic hydroxyl groups is 1. The molecule has 0 bridgehead atoms. The summed E-state index contributed by atoms with van der Waals surface area (Å²) in [6.45, 7) is 6.19. The highest BCUT2D eigenvalue weighted by atomic mass is 32.1. The van der Waals surface area contributed by atoms with Gasteiger partial charge in [0, 0.05) is 26.7 Å². The summed E-state index contributed by atoms with van der Waals surface area (Å²) >= 11 is 2.83. The number of aliphatic imine (C=N–C) groups is 1. The highest BCUT2D eigenvalue weighted by molar-refractivity contribution is 7.16. The number of carbonyl (C=O) groups excluding carboxylic acids is 2. The van der Waals surface area contributed by atoms with E-state index in [-0.39, 0.29) is 19.1 Å². The minimum Gasteiger partial charge on any atom is -0.494 e.